The zero-order valence-corrected chi connectivity index (χ0v) is 37.3. The van der Waals surface area contributed by atoms with Crippen molar-refractivity contribution in [1.29, 1.82) is 0 Å². The van der Waals surface area contributed by atoms with Crippen LogP contribution in [0, 0.1) is 44.8 Å². The van der Waals surface area contributed by atoms with Crippen molar-refractivity contribution in [1.82, 2.24) is 0 Å². The molecule has 348 valence electrons. The first-order valence-corrected chi connectivity index (χ1v) is 22.6. The molecule has 21 atom stereocenters. The SMILES string of the molecule is CC(=O)O[C@@H]1[C@@H](OC(C)=O)[C@H](O[C@H]2CC[C@]34C[C@]35CC[C@]3(C)[C@@H]([C@]6(C)CC[C@@H](C(C)(C)O)O6)[C@@H](O)C[C@@]3(C)[C@@H]5C[C@H](O[C@@H]3O[C@H](CO)[C@@H](O)[C@H](O)[C@H]3O)[C@@H]4C2(C)C)OC[C@H]1O. The quantitative estimate of drug-likeness (QED) is 0.129. The molecule has 0 radical (unpaired) electrons. The van der Waals surface area contributed by atoms with Crippen LogP contribution in [0.1, 0.15) is 120 Å². The fourth-order valence-corrected chi connectivity index (χ4v) is 15.5. The van der Waals surface area contributed by atoms with Crippen molar-refractivity contribution < 1.29 is 78.5 Å². The average Bonchev–Trinajstić information content (AvgIpc) is 3.52. The number of aliphatic hydroxyl groups excluding tert-OH is 6. The number of ether oxygens (including phenoxy) is 7. The lowest BCUT2D eigenvalue weighted by Gasteiger charge is -2.65. The van der Waals surface area contributed by atoms with E-state index in [4.69, 9.17) is 33.2 Å². The fourth-order valence-electron chi connectivity index (χ4n) is 15.5. The summed E-state index contributed by atoms with van der Waals surface area (Å²) in [7, 11) is 0. The molecule has 0 aromatic rings. The highest BCUT2D eigenvalue weighted by Gasteiger charge is 2.85. The number of esters is 2. The Kier molecular flexibility index (Phi) is 11.5. The Morgan fingerprint density at radius 1 is 0.754 bits per heavy atom. The summed E-state index contributed by atoms with van der Waals surface area (Å²) in [5, 5.41) is 77.1. The van der Waals surface area contributed by atoms with Crippen molar-refractivity contribution in [3.63, 3.8) is 0 Å². The molecule has 3 heterocycles. The third kappa shape index (κ3) is 6.89. The highest BCUT2D eigenvalue weighted by molar-refractivity contribution is 5.67. The van der Waals surface area contributed by atoms with Crippen LogP contribution in [0.2, 0.25) is 0 Å². The Morgan fingerprint density at radius 3 is 2.05 bits per heavy atom. The van der Waals surface area contributed by atoms with Gasteiger partial charge in [-0.3, -0.25) is 9.59 Å². The van der Waals surface area contributed by atoms with E-state index in [0.29, 0.717) is 25.7 Å². The van der Waals surface area contributed by atoms with Crippen molar-refractivity contribution in [2.45, 2.75) is 211 Å². The number of hydrogen-bond donors (Lipinski definition) is 7. The molecule has 8 aliphatic rings. The molecular formula is C45H72O16. The lowest BCUT2D eigenvalue weighted by molar-refractivity contribution is -0.339. The summed E-state index contributed by atoms with van der Waals surface area (Å²) in [4.78, 5) is 24.5. The third-order valence-corrected chi connectivity index (χ3v) is 18.2. The maximum atomic E-state index is 12.4. The van der Waals surface area contributed by atoms with Gasteiger partial charge in [-0.2, -0.15) is 0 Å². The van der Waals surface area contributed by atoms with E-state index in [2.05, 4.69) is 34.6 Å². The maximum Gasteiger partial charge on any atom is 0.303 e. The van der Waals surface area contributed by atoms with Crippen LogP contribution in [0.25, 0.3) is 0 Å². The first kappa shape index (κ1) is 46.0. The second-order valence-electron chi connectivity index (χ2n) is 22.2. The van der Waals surface area contributed by atoms with Crippen molar-refractivity contribution in [2.75, 3.05) is 13.2 Å². The summed E-state index contributed by atoms with van der Waals surface area (Å²) in [6.45, 7) is 16.1. The molecule has 2 spiro atoms. The molecule has 5 aliphatic carbocycles. The van der Waals surface area contributed by atoms with E-state index in [0.717, 1.165) is 32.1 Å². The second kappa shape index (κ2) is 15.3. The van der Waals surface area contributed by atoms with Gasteiger partial charge in [-0.25, -0.2) is 0 Å². The van der Waals surface area contributed by atoms with Gasteiger partial charge in [0, 0.05) is 19.8 Å². The molecule has 8 rings (SSSR count). The van der Waals surface area contributed by atoms with Crippen LogP contribution >= 0.6 is 0 Å². The zero-order chi connectivity index (χ0) is 44.6. The van der Waals surface area contributed by atoms with Crippen molar-refractivity contribution in [2.24, 2.45) is 44.8 Å². The van der Waals surface area contributed by atoms with Crippen LogP contribution in [-0.2, 0) is 42.7 Å². The van der Waals surface area contributed by atoms with Gasteiger partial charge in [-0.1, -0.05) is 27.7 Å². The third-order valence-electron chi connectivity index (χ3n) is 18.2. The van der Waals surface area contributed by atoms with E-state index in [-0.39, 0.29) is 52.1 Å². The Balaban J connectivity index is 1.15. The van der Waals surface area contributed by atoms with Crippen LogP contribution in [-0.4, -0.2) is 152 Å². The molecule has 3 aliphatic heterocycles. The summed E-state index contributed by atoms with van der Waals surface area (Å²) in [6.07, 6.45) is -7.80. The van der Waals surface area contributed by atoms with Crippen LogP contribution in [0.3, 0.4) is 0 Å². The fraction of sp³-hybridized carbons (Fsp3) is 0.956. The number of carbonyl (C=O) groups excluding carboxylic acids is 2. The molecule has 61 heavy (non-hydrogen) atoms. The van der Waals surface area contributed by atoms with Crippen LogP contribution in [0.4, 0.5) is 0 Å². The lowest BCUT2D eigenvalue weighted by atomic mass is 9.41. The summed E-state index contributed by atoms with van der Waals surface area (Å²) in [5.41, 5.74) is -3.46. The Bertz CT molecular complexity index is 1680. The Morgan fingerprint density at radius 2 is 1.43 bits per heavy atom. The van der Waals surface area contributed by atoms with E-state index >= 15 is 0 Å². The van der Waals surface area contributed by atoms with E-state index in [1.54, 1.807) is 13.8 Å². The van der Waals surface area contributed by atoms with E-state index in [9.17, 15) is 45.3 Å². The van der Waals surface area contributed by atoms with Gasteiger partial charge in [0.15, 0.2) is 24.8 Å². The topological polar surface area (TPSA) is 240 Å². The Labute approximate surface area is 358 Å². The van der Waals surface area contributed by atoms with Crippen LogP contribution in [0.15, 0.2) is 0 Å². The van der Waals surface area contributed by atoms with Gasteiger partial charge in [0.25, 0.3) is 0 Å². The highest BCUT2D eigenvalue weighted by atomic mass is 16.7. The number of fused-ring (bicyclic) bond motifs is 2. The summed E-state index contributed by atoms with van der Waals surface area (Å²) >= 11 is 0. The predicted octanol–water partition coefficient (Wildman–Crippen LogP) is 1.87. The first-order valence-electron chi connectivity index (χ1n) is 22.6. The number of aliphatic hydroxyl groups is 7. The predicted molar refractivity (Wildman–Crippen MR) is 213 cm³/mol. The molecule has 7 N–H and O–H groups in total. The van der Waals surface area contributed by atoms with E-state index in [1.165, 1.54) is 13.8 Å². The standard InChI is InChI=1S/C45H72O16/c1-21(47)56-33-24(50)19-55-38(34(33)57-22(2)48)60-28-11-13-45-20-44(45)15-14-41(7)35(43(9)12-10-29(61-43)40(5,6)54)23(49)17-42(41,8)27(44)16-25(36(45)39(28,3)4)58-37-32(53)31(52)30(51)26(18-46)59-37/h23-38,46,49-54H,10-20H2,1-9H3/t23-,24+,25-,26+,27-,28-,29-,30+,31-,32+,33-,34+,35-,36+,37+,38-,41+,42-,43-,44-,45+/m0/s1. The number of carbonyl (C=O) groups is 2. The van der Waals surface area contributed by atoms with Crippen LogP contribution in [0.5, 0.6) is 0 Å². The lowest BCUT2D eigenvalue weighted by Crippen LogP contribution is -2.65. The molecule has 5 saturated carbocycles. The van der Waals surface area contributed by atoms with Gasteiger partial charge in [-0.15, -0.1) is 0 Å². The minimum atomic E-state index is -1.63. The molecule has 16 nitrogen and oxygen atoms in total. The van der Waals surface area contributed by atoms with Gasteiger partial charge in [0.05, 0.1) is 48.8 Å². The summed E-state index contributed by atoms with van der Waals surface area (Å²) in [6, 6.07) is 0. The van der Waals surface area contributed by atoms with Crippen LogP contribution < -0.4 is 0 Å². The number of rotatable bonds is 9. The summed E-state index contributed by atoms with van der Waals surface area (Å²) < 4.78 is 43.6. The monoisotopic (exact) mass is 868 g/mol. The molecule has 0 amide bonds. The van der Waals surface area contributed by atoms with E-state index < -0.39 is 109 Å². The molecule has 0 aromatic heterocycles. The van der Waals surface area contributed by atoms with E-state index in [1.807, 2.05) is 0 Å². The van der Waals surface area contributed by atoms with Gasteiger partial charge in [0.2, 0.25) is 0 Å². The smallest absolute Gasteiger partial charge is 0.303 e. The molecule has 0 unspecified atom stereocenters. The van der Waals surface area contributed by atoms with Gasteiger partial charge >= 0.3 is 11.9 Å². The Hall–Kier alpha value is -1.54. The second-order valence-corrected chi connectivity index (χ2v) is 22.2. The van der Waals surface area contributed by atoms with Gasteiger partial charge in [0.1, 0.15) is 30.5 Å². The van der Waals surface area contributed by atoms with Crippen molar-refractivity contribution in [3.05, 3.63) is 0 Å². The zero-order valence-electron chi connectivity index (χ0n) is 37.3. The van der Waals surface area contributed by atoms with Gasteiger partial charge in [-0.05, 0) is 117 Å². The molecule has 0 bridgehead atoms. The van der Waals surface area contributed by atoms with Gasteiger partial charge < -0.3 is 68.9 Å². The molecule has 16 heteroatoms. The summed E-state index contributed by atoms with van der Waals surface area (Å²) in [5.74, 6) is -1.67. The largest absolute Gasteiger partial charge is 0.455 e. The number of hydrogen-bond acceptors (Lipinski definition) is 16. The van der Waals surface area contributed by atoms with Crippen molar-refractivity contribution >= 4 is 11.9 Å². The molecule has 8 fully saturated rings. The minimum absolute atomic E-state index is 0.0638. The molecule has 3 saturated heterocycles. The van der Waals surface area contributed by atoms with Crippen molar-refractivity contribution in [3.8, 4) is 0 Å². The first-order chi connectivity index (χ1) is 28.3. The average molecular weight is 869 g/mol. The normalized spacial score (nSPS) is 53.8. The highest BCUT2D eigenvalue weighted by Crippen LogP contribution is 2.89. The molecule has 0 aromatic carbocycles. The maximum absolute atomic E-state index is 12.4. The minimum Gasteiger partial charge on any atom is -0.455 e. The molecular weight excluding hydrogens is 796 g/mol.